The molecule has 0 saturated carbocycles. The third-order valence-electron chi connectivity index (χ3n) is 1.06. The van der Waals surface area contributed by atoms with Crippen molar-refractivity contribution in [3.63, 3.8) is 0 Å². The fraction of sp³-hybridized carbons (Fsp3) is 0. The van der Waals surface area contributed by atoms with Crippen LogP contribution in [0.15, 0.2) is 30.3 Å². The predicted octanol–water partition coefficient (Wildman–Crippen LogP) is 2.10. The molecule has 0 saturated heterocycles. The first kappa shape index (κ1) is 11.2. The number of carbonyl (C=O) groups excluding carboxylic acids is 1. The lowest BCUT2D eigenvalue weighted by molar-refractivity contribution is 0.100. The number of hydrogen-bond acceptors (Lipinski definition) is 2. The van der Waals surface area contributed by atoms with E-state index in [0.717, 1.165) is 0 Å². The fourth-order valence-corrected chi connectivity index (χ4v) is 0.602. The van der Waals surface area contributed by atoms with Gasteiger partial charge in [-0.25, -0.2) is 0 Å². The molecule has 0 spiro atoms. The summed E-state index contributed by atoms with van der Waals surface area (Å²) < 4.78 is 3.19. The standard InChI is InChI=1S/C7H7NO.Cl2O/c8-7(9)6-4-2-1-3-5-6;1-3-2/h1-5H,(H2,8,9);. The highest BCUT2D eigenvalue weighted by molar-refractivity contribution is 6.24. The van der Waals surface area contributed by atoms with Crippen LogP contribution >= 0.6 is 23.7 Å². The molecular formula is C7H7Cl2NO2. The summed E-state index contributed by atoms with van der Waals surface area (Å²) in [5.74, 6) is -0.379. The Bertz CT molecular complexity index is 228. The summed E-state index contributed by atoms with van der Waals surface area (Å²) in [5, 5.41) is 0. The van der Waals surface area contributed by atoms with E-state index in [4.69, 9.17) is 5.73 Å². The summed E-state index contributed by atoms with van der Waals surface area (Å²) in [6.45, 7) is 0. The molecule has 1 amide bonds. The normalized spacial score (nSPS) is 8.17. The minimum Gasteiger partial charge on any atom is -0.366 e. The molecule has 1 aromatic rings. The van der Waals surface area contributed by atoms with Gasteiger partial charge in [0.15, 0.2) is 0 Å². The SMILES string of the molecule is ClOCl.NC(=O)c1ccccc1. The lowest BCUT2D eigenvalue weighted by atomic mass is 10.2. The monoisotopic (exact) mass is 207 g/mol. The molecule has 0 atom stereocenters. The van der Waals surface area contributed by atoms with Crippen molar-refractivity contribution in [3.05, 3.63) is 35.9 Å². The highest BCUT2D eigenvalue weighted by Crippen LogP contribution is 1.94. The van der Waals surface area contributed by atoms with Gasteiger partial charge in [0.05, 0.1) is 23.7 Å². The molecule has 0 radical (unpaired) electrons. The Hall–Kier alpha value is -0.770. The van der Waals surface area contributed by atoms with Gasteiger partial charge in [-0.15, -0.1) is 0 Å². The summed E-state index contributed by atoms with van der Waals surface area (Å²) in [6.07, 6.45) is 0. The molecule has 0 heterocycles. The molecule has 0 aliphatic rings. The summed E-state index contributed by atoms with van der Waals surface area (Å²) in [4.78, 5) is 10.4. The van der Waals surface area contributed by atoms with E-state index in [1.165, 1.54) is 0 Å². The number of carbonyl (C=O) groups is 1. The number of rotatable bonds is 1. The number of nitrogens with two attached hydrogens (primary N) is 1. The van der Waals surface area contributed by atoms with Crippen molar-refractivity contribution in [1.82, 2.24) is 0 Å². The molecule has 1 aromatic carbocycles. The highest BCUT2D eigenvalue weighted by Gasteiger charge is 1.93. The van der Waals surface area contributed by atoms with Gasteiger partial charge in [-0.05, 0) is 12.1 Å². The van der Waals surface area contributed by atoms with Crippen LogP contribution in [-0.4, -0.2) is 5.91 Å². The molecule has 2 N–H and O–H groups in total. The molecule has 66 valence electrons. The zero-order chi connectivity index (χ0) is 9.40. The van der Waals surface area contributed by atoms with Crippen molar-refractivity contribution in [3.8, 4) is 0 Å². The van der Waals surface area contributed by atoms with Crippen LogP contribution in [-0.2, 0) is 3.84 Å². The molecule has 3 nitrogen and oxygen atoms in total. The van der Waals surface area contributed by atoms with Crippen LogP contribution < -0.4 is 5.73 Å². The van der Waals surface area contributed by atoms with Crippen molar-refractivity contribution in [2.24, 2.45) is 5.73 Å². The number of amides is 1. The van der Waals surface area contributed by atoms with Gasteiger partial charge in [-0.2, -0.15) is 3.84 Å². The second kappa shape index (κ2) is 6.91. The van der Waals surface area contributed by atoms with Gasteiger partial charge in [0.25, 0.3) is 0 Å². The molecular weight excluding hydrogens is 201 g/mol. The molecule has 0 aliphatic heterocycles. The second-order valence-electron chi connectivity index (χ2n) is 1.79. The molecule has 0 aromatic heterocycles. The second-order valence-corrected chi connectivity index (χ2v) is 2.26. The zero-order valence-electron chi connectivity index (χ0n) is 6.04. The quantitative estimate of drug-likeness (QED) is 0.768. The Morgan fingerprint density at radius 2 is 1.67 bits per heavy atom. The van der Waals surface area contributed by atoms with E-state index in [-0.39, 0.29) is 5.91 Å². The van der Waals surface area contributed by atoms with Crippen LogP contribution in [0.3, 0.4) is 0 Å². The Labute approximate surface area is 80.4 Å². The van der Waals surface area contributed by atoms with E-state index in [2.05, 4.69) is 27.6 Å². The number of benzene rings is 1. The van der Waals surface area contributed by atoms with Gasteiger partial charge >= 0.3 is 0 Å². The highest BCUT2D eigenvalue weighted by atomic mass is 35.6. The molecule has 1 rings (SSSR count). The molecule has 0 aliphatic carbocycles. The summed E-state index contributed by atoms with van der Waals surface area (Å²) in [7, 11) is 0. The van der Waals surface area contributed by atoms with Crippen LogP contribution in [0, 0.1) is 0 Å². The van der Waals surface area contributed by atoms with Crippen molar-refractivity contribution in [2.45, 2.75) is 0 Å². The van der Waals surface area contributed by atoms with Crippen molar-refractivity contribution >= 4 is 29.6 Å². The van der Waals surface area contributed by atoms with Gasteiger partial charge in [0.2, 0.25) is 5.91 Å². The first-order valence-corrected chi connectivity index (χ1v) is 3.58. The molecule has 12 heavy (non-hydrogen) atoms. The van der Waals surface area contributed by atoms with Crippen LogP contribution in [0.25, 0.3) is 0 Å². The molecule has 0 fully saturated rings. The smallest absolute Gasteiger partial charge is 0.248 e. The fourth-order valence-electron chi connectivity index (χ4n) is 0.602. The van der Waals surface area contributed by atoms with E-state index >= 15 is 0 Å². The van der Waals surface area contributed by atoms with Gasteiger partial charge in [-0.1, -0.05) is 18.2 Å². The van der Waals surface area contributed by atoms with Crippen molar-refractivity contribution in [2.75, 3.05) is 0 Å². The van der Waals surface area contributed by atoms with Gasteiger partial charge in [0.1, 0.15) is 0 Å². The van der Waals surface area contributed by atoms with Crippen molar-refractivity contribution in [1.29, 1.82) is 0 Å². The lowest BCUT2D eigenvalue weighted by Crippen LogP contribution is -2.09. The Morgan fingerprint density at radius 1 is 1.25 bits per heavy atom. The molecule has 0 bridgehead atoms. The van der Waals surface area contributed by atoms with E-state index < -0.39 is 0 Å². The Kier molecular flexibility index (Phi) is 6.47. The largest absolute Gasteiger partial charge is 0.366 e. The third kappa shape index (κ3) is 4.96. The van der Waals surface area contributed by atoms with Gasteiger partial charge < -0.3 is 5.73 Å². The van der Waals surface area contributed by atoms with Crippen molar-refractivity contribution < 1.29 is 8.64 Å². The lowest BCUT2D eigenvalue weighted by Gasteiger charge is -1.89. The summed E-state index contributed by atoms with van der Waals surface area (Å²) in [5.41, 5.74) is 5.53. The van der Waals surface area contributed by atoms with Gasteiger partial charge in [0, 0.05) is 5.56 Å². The van der Waals surface area contributed by atoms with Crippen LogP contribution in [0.5, 0.6) is 0 Å². The number of hydrogen-bond donors (Lipinski definition) is 1. The van der Waals surface area contributed by atoms with E-state index in [9.17, 15) is 4.79 Å². The third-order valence-corrected chi connectivity index (χ3v) is 1.06. The number of halogens is 2. The van der Waals surface area contributed by atoms with Crippen LogP contribution in [0.1, 0.15) is 10.4 Å². The summed E-state index contributed by atoms with van der Waals surface area (Å²) >= 11 is 8.53. The molecule has 5 heteroatoms. The minimum atomic E-state index is -0.379. The average molecular weight is 208 g/mol. The van der Waals surface area contributed by atoms with E-state index in [0.29, 0.717) is 5.56 Å². The van der Waals surface area contributed by atoms with Crippen LogP contribution in [0.4, 0.5) is 0 Å². The minimum absolute atomic E-state index is 0.379. The van der Waals surface area contributed by atoms with E-state index in [1.54, 1.807) is 24.3 Å². The predicted molar refractivity (Wildman–Crippen MR) is 47.8 cm³/mol. The van der Waals surface area contributed by atoms with Gasteiger partial charge in [-0.3, -0.25) is 4.79 Å². The Balaban J connectivity index is 0.000000354. The average Bonchev–Trinajstić information content (AvgIpc) is 2.07. The maximum Gasteiger partial charge on any atom is 0.248 e. The Morgan fingerprint density at radius 3 is 1.92 bits per heavy atom. The van der Waals surface area contributed by atoms with Crippen LogP contribution in [0.2, 0.25) is 0 Å². The first-order valence-electron chi connectivity index (χ1n) is 2.96. The van der Waals surface area contributed by atoms with E-state index in [1.807, 2.05) is 6.07 Å². The molecule has 0 unspecified atom stereocenters. The maximum absolute atomic E-state index is 10.4. The number of primary amides is 1. The topological polar surface area (TPSA) is 52.3 Å². The zero-order valence-corrected chi connectivity index (χ0v) is 7.55. The maximum atomic E-state index is 10.4. The first-order chi connectivity index (χ1) is 5.72. The summed E-state index contributed by atoms with van der Waals surface area (Å²) in [6, 6.07) is 8.76.